The first-order valence-corrected chi connectivity index (χ1v) is 9.78. The van der Waals surface area contributed by atoms with Crippen LogP contribution in [0.25, 0.3) is 0 Å². The zero-order valence-corrected chi connectivity index (χ0v) is 17.4. The third kappa shape index (κ3) is 3.51. The standard InChI is InChI=1S/C23H28N2O2.ClH/c1-16-8-9-19(12-21(16)27-2)23(10-11-23)22(26)25-14-18(13-24)20(15-25)17-6-4-3-5-7-17;/h3-9,12,18,20H,10-11,13-15,24H2,1-2H3;1H/t18-,20+;/m1./s1. The lowest BCUT2D eigenvalue weighted by Crippen LogP contribution is -2.38. The smallest absolute Gasteiger partial charge is 0.233 e. The summed E-state index contributed by atoms with van der Waals surface area (Å²) in [6.45, 7) is 4.14. The molecule has 0 unspecified atom stereocenters. The third-order valence-corrected chi connectivity index (χ3v) is 6.38. The van der Waals surface area contributed by atoms with Crippen LogP contribution in [0.4, 0.5) is 0 Å². The van der Waals surface area contributed by atoms with E-state index in [1.807, 2.05) is 19.1 Å². The minimum atomic E-state index is -0.369. The summed E-state index contributed by atoms with van der Waals surface area (Å²) < 4.78 is 5.48. The number of nitrogens with zero attached hydrogens (tertiary/aromatic N) is 1. The van der Waals surface area contributed by atoms with E-state index in [0.717, 1.165) is 42.8 Å². The highest BCUT2D eigenvalue weighted by Gasteiger charge is 2.54. The quantitative estimate of drug-likeness (QED) is 0.833. The van der Waals surface area contributed by atoms with Gasteiger partial charge in [0, 0.05) is 19.0 Å². The van der Waals surface area contributed by atoms with E-state index < -0.39 is 0 Å². The molecule has 5 heteroatoms. The van der Waals surface area contributed by atoms with Crippen molar-refractivity contribution in [2.24, 2.45) is 11.7 Å². The Kier molecular flexibility index (Phi) is 6.01. The number of amides is 1. The lowest BCUT2D eigenvalue weighted by atomic mass is 9.89. The summed E-state index contributed by atoms with van der Waals surface area (Å²) in [4.78, 5) is 15.5. The molecular weight excluding hydrogens is 372 g/mol. The van der Waals surface area contributed by atoms with Crippen LogP contribution < -0.4 is 10.5 Å². The minimum absolute atomic E-state index is 0. The van der Waals surface area contributed by atoms with E-state index in [1.165, 1.54) is 5.56 Å². The maximum Gasteiger partial charge on any atom is 0.233 e. The summed E-state index contributed by atoms with van der Waals surface area (Å²) in [6.07, 6.45) is 1.83. The number of likely N-dealkylation sites (tertiary alicyclic amines) is 1. The Labute approximate surface area is 173 Å². The second-order valence-corrected chi connectivity index (χ2v) is 7.99. The molecule has 2 atom stereocenters. The molecule has 4 nitrogen and oxygen atoms in total. The molecule has 0 spiro atoms. The fourth-order valence-electron chi connectivity index (χ4n) is 4.53. The van der Waals surface area contributed by atoms with Crippen LogP contribution in [0, 0.1) is 12.8 Å². The van der Waals surface area contributed by atoms with Gasteiger partial charge in [0.2, 0.25) is 5.91 Å². The van der Waals surface area contributed by atoms with Crippen LogP contribution in [0.3, 0.4) is 0 Å². The van der Waals surface area contributed by atoms with E-state index in [1.54, 1.807) is 7.11 Å². The largest absolute Gasteiger partial charge is 0.496 e. The van der Waals surface area contributed by atoms with Gasteiger partial charge in [-0.3, -0.25) is 4.79 Å². The van der Waals surface area contributed by atoms with Gasteiger partial charge in [0.25, 0.3) is 0 Å². The van der Waals surface area contributed by atoms with Gasteiger partial charge in [0.15, 0.2) is 0 Å². The molecule has 1 heterocycles. The Bertz CT molecular complexity index is 836. The van der Waals surface area contributed by atoms with Crippen molar-refractivity contribution in [1.29, 1.82) is 0 Å². The van der Waals surface area contributed by atoms with Gasteiger partial charge in [0.05, 0.1) is 12.5 Å². The van der Waals surface area contributed by atoms with E-state index in [4.69, 9.17) is 10.5 Å². The fraction of sp³-hybridized carbons (Fsp3) is 0.435. The Balaban J connectivity index is 0.00000225. The monoisotopic (exact) mass is 400 g/mol. The number of aryl methyl sites for hydroxylation is 1. The molecule has 2 aliphatic rings. The van der Waals surface area contributed by atoms with Gasteiger partial charge in [-0.25, -0.2) is 0 Å². The second-order valence-electron chi connectivity index (χ2n) is 7.99. The molecule has 1 aliphatic carbocycles. The van der Waals surface area contributed by atoms with Crippen molar-refractivity contribution in [3.8, 4) is 5.75 Å². The highest BCUT2D eigenvalue weighted by molar-refractivity contribution is 5.91. The van der Waals surface area contributed by atoms with E-state index in [2.05, 4.69) is 41.3 Å². The average molecular weight is 401 g/mol. The molecule has 0 radical (unpaired) electrons. The van der Waals surface area contributed by atoms with Crippen LogP contribution in [0.15, 0.2) is 48.5 Å². The molecule has 28 heavy (non-hydrogen) atoms. The Hall–Kier alpha value is -2.04. The van der Waals surface area contributed by atoms with Gasteiger partial charge in [-0.05, 0) is 55.0 Å². The van der Waals surface area contributed by atoms with Crippen LogP contribution in [-0.4, -0.2) is 37.6 Å². The number of methoxy groups -OCH3 is 1. The number of hydrogen-bond acceptors (Lipinski definition) is 3. The minimum Gasteiger partial charge on any atom is -0.496 e. The SMILES string of the molecule is COc1cc(C2(C(=O)N3C[C@@H](CN)[C@H](c4ccccc4)C3)CC2)ccc1C.Cl. The molecule has 2 aromatic rings. The normalized spacial score (nSPS) is 22.5. The first kappa shape index (κ1) is 20.7. The van der Waals surface area contributed by atoms with Crippen molar-refractivity contribution in [2.45, 2.75) is 31.1 Å². The van der Waals surface area contributed by atoms with Crippen molar-refractivity contribution in [1.82, 2.24) is 4.90 Å². The van der Waals surface area contributed by atoms with Crippen molar-refractivity contribution in [3.63, 3.8) is 0 Å². The van der Waals surface area contributed by atoms with Gasteiger partial charge < -0.3 is 15.4 Å². The zero-order valence-electron chi connectivity index (χ0n) is 16.6. The Morgan fingerprint density at radius 2 is 1.89 bits per heavy atom. The molecule has 1 aliphatic heterocycles. The molecule has 2 N–H and O–H groups in total. The topological polar surface area (TPSA) is 55.6 Å². The van der Waals surface area contributed by atoms with Crippen molar-refractivity contribution < 1.29 is 9.53 Å². The van der Waals surface area contributed by atoms with Gasteiger partial charge in [-0.1, -0.05) is 42.5 Å². The number of rotatable bonds is 5. The zero-order chi connectivity index (χ0) is 19.0. The number of halogens is 1. The molecule has 2 aromatic carbocycles. The summed E-state index contributed by atoms with van der Waals surface area (Å²) in [5.41, 5.74) is 9.15. The average Bonchev–Trinajstić information content (AvgIpc) is 3.40. The van der Waals surface area contributed by atoms with Crippen LogP contribution in [0.5, 0.6) is 5.75 Å². The van der Waals surface area contributed by atoms with Crippen LogP contribution in [0.2, 0.25) is 0 Å². The lowest BCUT2D eigenvalue weighted by Gasteiger charge is -2.24. The molecule has 1 amide bonds. The maximum absolute atomic E-state index is 13.5. The molecular formula is C23H29ClN2O2. The number of carbonyl (C=O) groups is 1. The number of nitrogens with two attached hydrogens (primary N) is 1. The highest BCUT2D eigenvalue weighted by atomic mass is 35.5. The van der Waals surface area contributed by atoms with Crippen molar-refractivity contribution in [2.75, 3.05) is 26.7 Å². The number of benzene rings is 2. The molecule has 1 saturated heterocycles. The van der Waals surface area contributed by atoms with Gasteiger partial charge in [-0.2, -0.15) is 0 Å². The Morgan fingerprint density at radius 1 is 1.18 bits per heavy atom. The molecule has 1 saturated carbocycles. The molecule has 0 aromatic heterocycles. The summed E-state index contributed by atoms with van der Waals surface area (Å²) in [5.74, 6) is 1.75. The number of ether oxygens (including phenoxy) is 1. The predicted octanol–water partition coefficient (Wildman–Crippen LogP) is 3.66. The van der Waals surface area contributed by atoms with Crippen LogP contribution >= 0.6 is 12.4 Å². The third-order valence-electron chi connectivity index (χ3n) is 6.38. The van der Waals surface area contributed by atoms with E-state index in [-0.39, 0.29) is 23.7 Å². The second kappa shape index (κ2) is 8.14. The maximum atomic E-state index is 13.5. The van der Waals surface area contributed by atoms with Crippen LogP contribution in [-0.2, 0) is 10.2 Å². The van der Waals surface area contributed by atoms with E-state index in [0.29, 0.717) is 18.4 Å². The highest BCUT2D eigenvalue weighted by Crippen LogP contribution is 2.51. The van der Waals surface area contributed by atoms with Gasteiger partial charge >= 0.3 is 0 Å². The molecule has 150 valence electrons. The van der Waals surface area contributed by atoms with Crippen LogP contribution in [0.1, 0.15) is 35.4 Å². The molecule has 2 fully saturated rings. The van der Waals surface area contributed by atoms with E-state index >= 15 is 0 Å². The summed E-state index contributed by atoms with van der Waals surface area (Å²) in [7, 11) is 1.68. The summed E-state index contributed by atoms with van der Waals surface area (Å²) in [5, 5.41) is 0. The van der Waals surface area contributed by atoms with Gasteiger partial charge in [-0.15, -0.1) is 12.4 Å². The number of carbonyl (C=O) groups excluding carboxylic acids is 1. The summed E-state index contributed by atoms with van der Waals surface area (Å²) in [6, 6.07) is 16.7. The number of hydrogen-bond donors (Lipinski definition) is 1. The first-order chi connectivity index (χ1) is 13.1. The lowest BCUT2D eigenvalue weighted by molar-refractivity contribution is -0.133. The molecule has 4 rings (SSSR count). The van der Waals surface area contributed by atoms with Crippen molar-refractivity contribution in [3.05, 3.63) is 65.2 Å². The van der Waals surface area contributed by atoms with Gasteiger partial charge in [0.1, 0.15) is 5.75 Å². The van der Waals surface area contributed by atoms with Crippen molar-refractivity contribution >= 4 is 18.3 Å². The molecule has 0 bridgehead atoms. The van der Waals surface area contributed by atoms with E-state index in [9.17, 15) is 4.79 Å². The summed E-state index contributed by atoms with van der Waals surface area (Å²) >= 11 is 0. The fourth-order valence-corrected chi connectivity index (χ4v) is 4.53. The predicted molar refractivity (Wildman–Crippen MR) is 114 cm³/mol. The first-order valence-electron chi connectivity index (χ1n) is 9.78. The Morgan fingerprint density at radius 3 is 2.50 bits per heavy atom.